The zero-order chi connectivity index (χ0) is 18.5. The summed E-state index contributed by atoms with van der Waals surface area (Å²) in [5.41, 5.74) is 3.29. The predicted octanol–water partition coefficient (Wildman–Crippen LogP) is 3.20. The van der Waals surface area contributed by atoms with Crippen molar-refractivity contribution >= 4 is 33.8 Å². The molecule has 4 aromatic rings. The molecule has 3 heterocycles. The van der Waals surface area contributed by atoms with Crippen LogP contribution in [0.5, 0.6) is 11.5 Å². The molecule has 0 saturated carbocycles. The van der Waals surface area contributed by atoms with Crippen molar-refractivity contribution in [1.82, 2.24) is 14.5 Å². The number of nitrogens with one attached hydrogen (secondary N) is 1. The number of carbonyl (C=O) groups is 1. The Morgan fingerprint density at radius 2 is 1.85 bits per heavy atom. The summed E-state index contributed by atoms with van der Waals surface area (Å²) < 4.78 is 12.8. The first-order valence-corrected chi connectivity index (χ1v) is 8.71. The molecule has 1 aliphatic rings. The molecule has 0 bridgehead atoms. The van der Waals surface area contributed by atoms with Crippen molar-refractivity contribution < 1.29 is 14.3 Å². The van der Waals surface area contributed by atoms with Crippen LogP contribution in [0.25, 0.3) is 21.9 Å². The number of ether oxygens (including phenoxy) is 2. The third kappa shape index (κ3) is 2.28. The number of imidazole rings is 1. The molecule has 136 valence electrons. The van der Waals surface area contributed by atoms with Gasteiger partial charge in [-0.15, -0.1) is 0 Å². The molecule has 0 spiro atoms. The summed E-state index contributed by atoms with van der Waals surface area (Å²) >= 11 is 0. The van der Waals surface area contributed by atoms with E-state index >= 15 is 0 Å². The van der Waals surface area contributed by atoms with E-state index in [1.54, 1.807) is 19.1 Å². The predicted molar refractivity (Wildman–Crippen MR) is 103 cm³/mol. The fraction of sp³-hybridized carbons (Fsp3) is 0.200. The van der Waals surface area contributed by atoms with Crippen molar-refractivity contribution in [2.45, 2.75) is 6.54 Å². The van der Waals surface area contributed by atoms with Crippen LogP contribution in [0.3, 0.4) is 0 Å². The number of aromatic nitrogens is 3. The Balaban J connectivity index is 1.55. The number of aromatic amines is 1. The summed E-state index contributed by atoms with van der Waals surface area (Å²) in [6.07, 6.45) is 0. The number of anilines is 1. The lowest BCUT2D eigenvalue weighted by Gasteiger charge is -2.12. The minimum Gasteiger partial charge on any atom is -0.493 e. The number of rotatable bonds is 3. The first kappa shape index (κ1) is 15.7. The second kappa shape index (κ2) is 5.77. The molecule has 2 aromatic carbocycles. The van der Waals surface area contributed by atoms with Crippen LogP contribution in [0.15, 0.2) is 42.5 Å². The second-order valence-corrected chi connectivity index (χ2v) is 6.49. The van der Waals surface area contributed by atoms with Crippen LogP contribution in [0.2, 0.25) is 0 Å². The number of H-pyrrole nitrogens is 1. The van der Waals surface area contributed by atoms with Gasteiger partial charge in [-0.3, -0.25) is 9.69 Å². The van der Waals surface area contributed by atoms with Crippen LogP contribution in [0.4, 0.5) is 5.95 Å². The standard InChI is InChI=1S/C20H18N4O3/c1-26-17-10-12-9-15(21-14(12)11-18(17)27-2)19(25)24-8-7-23-16-6-4-3-5-13(16)22-20(23)24/h3-6,9-11,21H,7-8H2,1-2H3. The van der Waals surface area contributed by atoms with Crippen molar-refractivity contribution in [2.24, 2.45) is 0 Å². The van der Waals surface area contributed by atoms with Gasteiger partial charge in [-0.25, -0.2) is 4.98 Å². The van der Waals surface area contributed by atoms with Crippen LogP contribution in [0, 0.1) is 0 Å². The molecule has 1 amide bonds. The summed E-state index contributed by atoms with van der Waals surface area (Å²) in [6.45, 7) is 1.34. The number of fused-ring (bicyclic) bond motifs is 4. The van der Waals surface area contributed by atoms with E-state index in [0.717, 1.165) is 28.5 Å². The molecule has 5 rings (SSSR count). The Morgan fingerprint density at radius 3 is 2.67 bits per heavy atom. The number of amides is 1. The highest BCUT2D eigenvalue weighted by molar-refractivity contribution is 6.08. The van der Waals surface area contributed by atoms with E-state index in [1.165, 1.54) is 0 Å². The lowest BCUT2D eigenvalue weighted by molar-refractivity contribution is 0.0985. The zero-order valence-corrected chi connectivity index (χ0v) is 15.0. The summed E-state index contributed by atoms with van der Waals surface area (Å²) in [5.74, 6) is 1.84. The van der Waals surface area contributed by atoms with Gasteiger partial charge in [0.15, 0.2) is 11.5 Å². The Bertz CT molecular complexity index is 1150. The molecular weight excluding hydrogens is 344 g/mol. The van der Waals surface area contributed by atoms with Crippen LogP contribution >= 0.6 is 0 Å². The highest BCUT2D eigenvalue weighted by Gasteiger charge is 2.30. The van der Waals surface area contributed by atoms with E-state index in [4.69, 9.17) is 9.47 Å². The Kier molecular flexibility index (Phi) is 3.36. The van der Waals surface area contributed by atoms with Crippen LogP contribution < -0.4 is 14.4 Å². The normalized spacial score (nSPS) is 13.3. The average molecular weight is 362 g/mol. The zero-order valence-electron chi connectivity index (χ0n) is 15.0. The lowest BCUT2D eigenvalue weighted by Crippen LogP contribution is -2.29. The van der Waals surface area contributed by atoms with Gasteiger partial charge in [0, 0.05) is 30.1 Å². The molecule has 0 fully saturated rings. The molecule has 1 N–H and O–H groups in total. The van der Waals surface area contributed by atoms with Gasteiger partial charge in [0.25, 0.3) is 5.91 Å². The molecule has 1 aliphatic heterocycles. The number of hydrogen-bond donors (Lipinski definition) is 1. The number of hydrogen-bond acceptors (Lipinski definition) is 4. The topological polar surface area (TPSA) is 72.4 Å². The molecule has 7 heteroatoms. The van der Waals surface area contributed by atoms with Gasteiger partial charge in [0.05, 0.1) is 25.3 Å². The van der Waals surface area contributed by atoms with Gasteiger partial charge in [0.2, 0.25) is 5.95 Å². The van der Waals surface area contributed by atoms with E-state index in [1.807, 2.05) is 42.5 Å². The lowest BCUT2D eigenvalue weighted by atomic mass is 10.2. The van der Waals surface area contributed by atoms with Gasteiger partial charge in [-0.1, -0.05) is 12.1 Å². The van der Waals surface area contributed by atoms with Crippen molar-refractivity contribution in [3.05, 3.63) is 48.2 Å². The van der Waals surface area contributed by atoms with Gasteiger partial charge in [-0.2, -0.15) is 0 Å². The molecule has 0 aliphatic carbocycles. The second-order valence-electron chi connectivity index (χ2n) is 6.49. The third-order valence-electron chi connectivity index (χ3n) is 5.02. The number of nitrogens with zero attached hydrogens (tertiary/aromatic N) is 3. The summed E-state index contributed by atoms with van der Waals surface area (Å²) in [7, 11) is 3.19. The summed E-state index contributed by atoms with van der Waals surface area (Å²) in [5, 5.41) is 0.892. The SMILES string of the molecule is COc1cc2cc(C(=O)N3CCn4c3nc3ccccc34)[nH]c2cc1OC. The van der Waals surface area contributed by atoms with Gasteiger partial charge >= 0.3 is 0 Å². The fourth-order valence-corrected chi connectivity index (χ4v) is 3.70. The number of methoxy groups -OCH3 is 2. The van der Waals surface area contributed by atoms with Gasteiger partial charge < -0.3 is 19.0 Å². The van der Waals surface area contributed by atoms with E-state index < -0.39 is 0 Å². The minimum absolute atomic E-state index is 0.0989. The summed E-state index contributed by atoms with van der Waals surface area (Å²) in [6, 6.07) is 13.5. The molecule has 0 radical (unpaired) electrons. The van der Waals surface area contributed by atoms with E-state index in [9.17, 15) is 4.79 Å². The van der Waals surface area contributed by atoms with Gasteiger partial charge in [-0.05, 0) is 24.3 Å². The molecule has 0 saturated heterocycles. The average Bonchev–Trinajstić information content (AvgIpc) is 3.38. The van der Waals surface area contributed by atoms with Crippen molar-refractivity contribution in [2.75, 3.05) is 25.7 Å². The maximum Gasteiger partial charge on any atom is 0.277 e. The number of para-hydroxylation sites is 2. The maximum atomic E-state index is 13.1. The highest BCUT2D eigenvalue weighted by Crippen LogP contribution is 2.33. The molecule has 7 nitrogen and oxygen atoms in total. The van der Waals surface area contributed by atoms with E-state index in [0.29, 0.717) is 29.7 Å². The van der Waals surface area contributed by atoms with Gasteiger partial charge in [0.1, 0.15) is 5.69 Å². The van der Waals surface area contributed by atoms with Crippen LogP contribution in [0.1, 0.15) is 10.5 Å². The number of benzene rings is 2. The van der Waals surface area contributed by atoms with Crippen LogP contribution in [-0.2, 0) is 6.54 Å². The van der Waals surface area contributed by atoms with E-state index in [2.05, 4.69) is 14.5 Å². The third-order valence-corrected chi connectivity index (χ3v) is 5.02. The molecule has 0 unspecified atom stereocenters. The van der Waals surface area contributed by atoms with Crippen molar-refractivity contribution in [3.63, 3.8) is 0 Å². The highest BCUT2D eigenvalue weighted by atomic mass is 16.5. The largest absolute Gasteiger partial charge is 0.493 e. The molecule has 2 aromatic heterocycles. The van der Waals surface area contributed by atoms with Crippen molar-refractivity contribution in [3.8, 4) is 11.5 Å². The molecule has 0 atom stereocenters. The first-order valence-electron chi connectivity index (χ1n) is 8.71. The Morgan fingerprint density at radius 1 is 1.07 bits per heavy atom. The first-order chi connectivity index (χ1) is 13.2. The Labute approximate surface area is 155 Å². The molecule has 27 heavy (non-hydrogen) atoms. The number of carbonyl (C=O) groups excluding carboxylic acids is 1. The van der Waals surface area contributed by atoms with E-state index in [-0.39, 0.29) is 5.91 Å². The minimum atomic E-state index is -0.0989. The Hall–Kier alpha value is -3.48. The molecular formula is C20H18N4O3. The quantitative estimate of drug-likeness (QED) is 0.607. The maximum absolute atomic E-state index is 13.1. The fourth-order valence-electron chi connectivity index (χ4n) is 3.70. The summed E-state index contributed by atoms with van der Waals surface area (Å²) in [4.78, 5) is 22.7. The van der Waals surface area contributed by atoms with Crippen LogP contribution in [-0.4, -0.2) is 41.2 Å². The smallest absolute Gasteiger partial charge is 0.277 e. The monoisotopic (exact) mass is 362 g/mol. The van der Waals surface area contributed by atoms with Crippen molar-refractivity contribution in [1.29, 1.82) is 0 Å².